The van der Waals surface area contributed by atoms with Crippen LogP contribution in [0.25, 0.3) is 0 Å². The molecule has 0 heterocycles. The fourth-order valence-electron chi connectivity index (χ4n) is 2.10. The van der Waals surface area contributed by atoms with E-state index in [9.17, 15) is 10.1 Å². The van der Waals surface area contributed by atoms with Gasteiger partial charge in [0.25, 0.3) is 5.69 Å². The van der Waals surface area contributed by atoms with Gasteiger partial charge in [-0.25, -0.2) is 0 Å². The third-order valence-electron chi connectivity index (χ3n) is 3.23. The van der Waals surface area contributed by atoms with Gasteiger partial charge in [0.05, 0.1) is 4.92 Å². The number of rotatable bonds is 6. The highest BCUT2D eigenvalue weighted by Crippen LogP contribution is 2.27. The van der Waals surface area contributed by atoms with E-state index in [0.717, 1.165) is 30.5 Å². The summed E-state index contributed by atoms with van der Waals surface area (Å²) >= 11 is 0. The minimum Gasteiger partial charge on any atom is -0.382 e. The van der Waals surface area contributed by atoms with Crippen molar-refractivity contribution in [3.05, 3.63) is 33.4 Å². The van der Waals surface area contributed by atoms with Crippen molar-refractivity contribution in [1.29, 1.82) is 0 Å². The Morgan fingerprint density at radius 2 is 1.94 bits per heavy atom. The van der Waals surface area contributed by atoms with Crippen molar-refractivity contribution in [2.45, 2.75) is 53.0 Å². The zero-order valence-electron chi connectivity index (χ0n) is 11.6. The number of aryl methyl sites for hydroxylation is 2. The fraction of sp³-hybridized carbons (Fsp3) is 0.571. The maximum absolute atomic E-state index is 10.9. The van der Waals surface area contributed by atoms with E-state index in [2.05, 4.69) is 19.2 Å². The molecule has 0 saturated heterocycles. The molecule has 1 rings (SSSR count). The Hall–Kier alpha value is -1.58. The molecule has 18 heavy (non-hydrogen) atoms. The molecular weight excluding hydrogens is 228 g/mol. The molecule has 0 amide bonds. The summed E-state index contributed by atoms with van der Waals surface area (Å²) in [4.78, 5) is 10.5. The minimum absolute atomic E-state index is 0.196. The Kier molecular flexibility index (Phi) is 5.13. The molecule has 1 atom stereocenters. The Balaban J connectivity index is 2.97. The molecule has 0 aromatic heterocycles. The van der Waals surface area contributed by atoms with Crippen LogP contribution in [0, 0.1) is 24.0 Å². The van der Waals surface area contributed by atoms with Crippen molar-refractivity contribution < 1.29 is 4.92 Å². The van der Waals surface area contributed by atoms with Crippen molar-refractivity contribution in [2.75, 3.05) is 5.32 Å². The maximum atomic E-state index is 10.9. The number of anilines is 1. The average Bonchev–Trinajstić information content (AvgIpc) is 2.32. The molecule has 4 nitrogen and oxygen atoms in total. The van der Waals surface area contributed by atoms with Crippen LogP contribution in [0.15, 0.2) is 12.1 Å². The van der Waals surface area contributed by atoms with Crippen molar-refractivity contribution in [2.24, 2.45) is 0 Å². The summed E-state index contributed by atoms with van der Waals surface area (Å²) in [5.41, 5.74) is 2.85. The SMILES string of the molecule is CCCC(CC)Nc1cc(C)c([N+](=O)[O-])cc1C. The van der Waals surface area contributed by atoms with E-state index in [1.165, 1.54) is 0 Å². The van der Waals surface area contributed by atoms with Gasteiger partial charge >= 0.3 is 0 Å². The van der Waals surface area contributed by atoms with Crippen LogP contribution in [0.2, 0.25) is 0 Å². The molecular formula is C14H22N2O2. The van der Waals surface area contributed by atoms with E-state index < -0.39 is 0 Å². The van der Waals surface area contributed by atoms with Gasteiger partial charge in [-0.3, -0.25) is 10.1 Å². The first kappa shape index (κ1) is 14.5. The predicted octanol–water partition coefficient (Wildman–Crippen LogP) is 4.20. The van der Waals surface area contributed by atoms with Gasteiger partial charge in [-0.2, -0.15) is 0 Å². The lowest BCUT2D eigenvalue weighted by atomic mass is 10.1. The lowest BCUT2D eigenvalue weighted by Crippen LogP contribution is -2.18. The number of nitro groups is 1. The van der Waals surface area contributed by atoms with E-state index in [4.69, 9.17) is 0 Å². The highest BCUT2D eigenvalue weighted by atomic mass is 16.6. The highest BCUT2D eigenvalue weighted by Gasteiger charge is 2.14. The van der Waals surface area contributed by atoms with Gasteiger partial charge in [0.2, 0.25) is 0 Å². The summed E-state index contributed by atoms with van der Waals surface area (Å²) in [6.45, 7) is 8.01. The smallest absolute Gasteiger partial charge is 0.272 e. The maximum Gasteiger partial charge on any atom is 0.272 e. The summed E-state index contributed by atoms with van der Waals surface area (Å²) in [7, 11) is 0. The summed E-state index contributed by atoms with van der Waals surface area (Å²) < 4.78 is 0. The van der Waals surface area contributed by atoms with Crippen molar-refractivity contribution in [3.63, 3.8) is 0 Å². The molecule has 1 aromatic carbocycles. The van der Waals surface area contributed by atoms with Crippen LogP contribution in [-0.4, -0.2) is 11.0 Å². The number of nitrogens with one attached hydrogen (secondary N) is 1. The first-order valence-corrected chi connectivity index (χ1v) is 6.51. The molecule has 100 valence electrons. The van der Waals surface area contributed by atoms with Crippen LogP contribution >= 0.6 is 0 Å². The summed E-state index contributed by atoms with van der Waals surface area (Å²) in [6.07, 6.45) is 3.31. The zero-order chi connectivity index (χ0) is 13.7. The summed E-state index contributed by atoms with van der Waals surface area (Å²) in [5.74, 6) is 0. The second-order valence-electron chi connectivity index (χ2n) is 4.75. The minimum atomic E-state index is -0.324. The molecule has 0 fully saturated rings. The monoisotopic (exact) mass is 250 g/mol. The number of benzene rings is 1. The number of hydrogen-bond donors (Lipinski definition) is 1. The Morgan fingerprint density at radius 3 is 2.44 bits per heavy atom. The summed E-state index contributed by atoms with van der Waals surface area (Å²) in [6, 6.07) is 3.97. The van der Waals surface area contributed by atoms with Gasteiger partial charge in [0.1, 0.15) is 0 Å². The van der Waals surface area contributed by atoms with E-state index in [0.29, 0.717) is 11.6 Å². The van der Waals surface area contributed by atoms with Gasteiger partial charge in [-0.1, -0.05) is 20.3 Å². The quantitative estimate of drug-likeness (QED) is 0.608. The Bertz CT molecular complexity index is 430. The van der Waals surface area contributed by atoms with Crippen LogP contribution in [0.4, 0.5) is 11.4 Å². The molecule has 0 aliphatic rings. The normalized spacial score (nSPS) is 12.2. The van der Waals surface area contributed by atoms with E-state index in [1.807, 2.05) is 13.0 Å². The van der Waals surface area contributed by atoms with E-state index in [1.54, 1.807) is 13.0 Å². The van der Waals surface area contributed by atoms with Crippen molar-refractivity contribution in [1.82, 2.24) is 0 Å². The topological polar surface area (TPSA) is 55.2 Å². The lowest BCUT2D eigenvalue weighted by molar-refractivity contribution is -0.385. The van der Waals surface area contributed by atoms with Gasteiger partial charge in [0, 0.05) is 23.4 Å². The van der Waals surface area contributed by atoms with Crippen LogP contribution in [-0.2, 0) is 0 Å². The molecule has 0 spiro atoms. The number of nitro benzene ring substituents is 1. The van der Waals surface area contributed by atoms with E-state index in [-0.39, 0.29) is 10.6 Å². The second kappa shape index (κ2) is 6.38. The van der Waals surface area contributed by atoms with Gasteiger partial charge in [0.15, 0.2) is 0 Å². The van der Waals surface area contributed by atoms with Gasteiger partial charge in [-0.05, 0) is 38.3 Å². The third kappa shape index (κ3) is 3.45. The molecule has 0 aliphatic carbocycles. The van der Waals surface area contributed by atoms with Gasteiger partial charge < -0.3 is 5.32 Å². The molecule has 0 radical (unpaired) electrons. The van der Waals surface area contributed by atoms with Crippen LogP contribution < -0.4 is 5.32 Å². The lowest BCUT2D eigenvalue weighted by Gasteiger charge is -2.19. The predicted molar refractivity (Wildman–Crippen MR) is 75.2 cm³/mol. The van der Waals surface area contributed by atoms with E-state index >= 15 is 0 Å². The molecule has 1 unspecified atom stereocenters. The number of nitrogens with zero attached hydrogens (tertiary/aromatic N) is 1. The second-order valence-corrected chi connectivity index (χ2v) is 4.75. The Morgan fingerprint density at radius 1 is 1.28 bits per heavy atom. The van der Waals surface area contributed by atoms with Crippen LogP contribution in [0.1, 0.15) is 44.2 Å². The highest BCUT2D eigenvalue weighted by molar-refractivity contribution is 5.59. The average molecular weight is 250 g/mol. The Labute approximate surface area is 109 Å². The van der Waals surface area contributed by atoms with Crippen LogP contribution in [0.5, 0.6) is 0 Å². The molecule has 0 bridgehead atoms. The fourth-order valence-corrected chi connectivity index (χ4v) is 2.10. The molecule has 0 saturated carbocycles. The van der Waals surface area contributed by atoms with Crippen molar-refractivity contribution in [3.8, 4) is 0 Å². The molecule has 4 heteroatoms. The molecule has 0 aliphatic heterocycles. The zero-order valence-corrected chi connectivity index (χ0v) is 11.6. The largest absolute Gasteiger partial charge is 0.382 e. The standard InChI is InChI=1S/C14H22N2O2/c1-5-7-12(6-2)15-13-8-11(4)14(16(17)18)9-10(13)3/h8-9,12,15H,5-7H2,1-4H3. The van der Waals surface area contributed by atoms with Crippen LogP contribution in [0.3, 0.4) is 0 Å². The first-order chi connectivity index (χ1) is 8.49. The first-order valence-electron chi connectivity index (χ1n) is 6.51. The third-order valence-corrected chi connectivity index (χ3v) is 3.23. The number of hydrogen-bond acceptors (Lipinski definition) is 3. The van der Waals surface area contributed by atoms with Crippen molar-refractivity contribution >= 4 is 11.4 Å². The van der Waals surface area contributed by atoms with Gasteiger partial charge in [-0.15, -0.1) is 0 Å². The summed E-state index contributed by atoms with van der Waals surface area (Å²) in [5, 5.41) is 14.3. The molecule has 1 N–H and O–H groups in total. The molecule has 1 aromatic rings.